The van der Waals surface area contributed by atoms with Gasteiger partial charge in [0.05, 0.1) is 6.04 Å². The Bertz CT molecular complexity index is 1340. The van der Waals surface area contributed by atoms with Crippen molar-refractivity contribution < 1.29 is 24.3 Å². The predicted molar refractivity (Wildman–Crippen MR) is 158 cm³/mol. The molecule has 2 aromatic carbocycles. The Labute approximate surface area is 240 Å². The van der Waals surface area contributed by atoms with Gasteiger partial charge in [0, 0.05) is 23.5 Å². The lowest BCUT2D eigenvalue weighted by Gasteiger charge is -2.28. The average Bonchev–Trinajstić information content (AvgIpc) is 3.36. The largest absolute Gasteiger partial charge is 0.480 e. The lowest BCUT2D eigenvalue weighted by Crippen LogP contribution is -2.59. The van der Waals surface area contributed by atoms with E-state index in [2.05, 4.69) is 20.9 Å². The van der Waals surface area contributed by atoms with Gasteiger partial charge in [0.1, 0.15) is 18.1 Å². The maximum absolute atomic E-state index is 13.6. The number of H-pyrrole nitrogens is 1. The van der Waals surface area contributed by atoms with Gasteiger partial charge in [0.2, 0.25) is 17.7 Å². The molecule has 41 heavy (non-hydrogen) atoms. The van der Waals surface area contributed by atoms with Gasteiger partial charge < -0.3 is 31.8 Å². The van der Waals surface area contributed by atoms with E-state index in [-0.39, 0.29) is 18.3 Å². The zero-order valence-corrected chi connectivity index (χ0v) is 24.0. The molecule has 3 aromatic rings. The first-order valence-corrected chi connectivity index (χ1v) is 14.0. The zero-order chi connectivity index (χ0) is 30.1. The SMILES string of the molecule is CCC(C)C(NC(=O)C(N)Cc1ccccc1)C(=O)NC(Cc1c[nH]c2ccccc12)C(=O)NC(C(=O)O)C(C)C. The van der Waals surface area contributed by atoms with Gasteiger partial charge in [-0.1, -0.05) is 82.6 Å². The van der Waals surface area contributed by atoms with E-state index in [1.165, 1.54) is 0 Å². The third-order valence-corrected chi connectivity index (χ3v) is 7.39. The van der Waals surface area contributed by atoms with Crippen molar-refractivity contribution in [2.24, 2.45) is 17.6 Å². The Morgan fingerprint density at radius 1 is 0.829 bits per heavy atom. The number of aliphatic carboxylic acids is 1. The maximum atomic E-state index is 13.6. The molecule has 7 N–H and O–H groups in total. The van der Waals surface area contributed by atoms with Gasteiger partial charge in [-0.15, -0.1) is 0 Å². The van der Waals surface area contributed by atoms with Crippen molar-refractivity contribution in [1.29, 1.82) is 0 Å². The first-order chi connectivity index (χ1) is 19.5. The molecule has 0 spiro atoms. The molecule has 5 unspecified atom stereocenters. The van der Waals surface area contributed by atoms with Crippen LogP contribution in [0, 0.1) is 11.8 Å². The molecule has 10 heteroatoms. The molecular weight excluding hydrogens is 522 g/mol. The predicted octanol–water partition coefficient (Wildman–Crippen LogP) is 2.52. The molecule has 220 valence electrons. The topological polar surface area (TPSA) is 166 Å². The maximum Gasteiger partial charge on any atom is 0.326 e. The summed E-state index contributed by atoms with van der Waals surface area (Å²) >= 11 is 0. The number of aromatic amines is 1. The fourth-order valence-corrected chi connectivity index (χ4v) is 4.68. The number of benzene rings is 2. The summed E-state index contributed by atoms with van der Waals surface area (Å²) in [6.07, 6.45) is 2.77. The zero-order valence-electron chi connectivity index (χ0n) is 24.0. The number of aromatic nitrogens is 1. The van der Waals surface area contributed by atoms with Gasteiger partial charge in [0.15, 0.2) is 0 Å². The van der Waals surface area contributed by atoms with E-state index in [4.69, 9.17) is 5.73 Å². The molecule has 0 radical (unpaired) electrons. The van der Waals surface area contributed by atoms with Crippen molar-refractivity contribution in [3.05, 3.63) is 71.9 Å². The van der Waals surface area contributed by atoms with Gasteiger partial charge in [-0.3, -0.25) is 14.4 Å². The van der Waals surface area contributed by atoms with Crippen molar-refractivity contribution >= 4 is 34.6 Å². The van der Waals surface area contributed by atoms with Gasteiger partial charge in [-0.05, 0) is 35.4 Å². The highest BCUT2D eigenvalue weighted by Gasteiger charge is 2.33. The molecule has 3 amide bonds. The van der Waals surface area contributed by atoms with Crippen LogP contribution in [0.25, 0.3) is 10.9 Å². The fraction of sp³-hybridized carbons (Fsp3) is 0.419. The van der Waals surface area contributed by atoms with Crippen molar-refractivity contribution in [3.8, 4) is 0 Å². The number of hydrogen-bond acceptors (Lipinski definition) is 5. The molecule has 0 aliphatic rings. The highest BCUT2D eigenvalue weighted by Crippen LogP contribution is 2.20. The lowest BCUT2D eigenvalue weighted by molar-refractivity contribution is -0.143. The van der Waals surface area contributed by atoms with E-state index in [0.717, 1.165) is 22.0 Å². The number of carboxylic acid groups (broad SMARTS) is 1. The molecule has 3 rings (SSSR count). The third-order valence-electron chi connectivity index (χ3n) is 7.39. The summed E-state index contributed by atoms with van der Waals surface area (Å²) in [5.41, 5.74) is 8.73. The molecule has 0 aliphatic carbocycles. The van der Waals surface area contributed by atoms with Crippen LogP contribution >= 0.6 is 0 Å². The van der Waals surface area contributed by atoms with E-state index in [1.54, 1.807) is 20.0 Å². The van der Waals surface area contributed by atoms with E-state index < -0.39 is 47.9 Å². The standard InChI is InChI=1S/C31H41N5O5/c1-5-19(4)27(36-28(37)23(32)15-20-11-7-6-8-12-20)30(39)34-25(29(38)35-26(18(2)3)31(40)41)16-21-17-33-24-14-10-9-13-22(21)24/h6-14,17-19,23,25-27,33H,5,15-16,32H2,1-4H3,(H,34,39)(H,35,38)(H,36,37)(H,40,41). The molecular formula is C31H41N5O5. The molecule has 0 saturated heterocycles. The highest BCUT2D eigenvalue weighted by atomic mass is 16.4. The Kier molecular flexibility index (Phi) is 11.0. The Balaban J connectivity index is 1.83. The molecule has 5 atom stereocenters. The molecule has 10 nitrogen and oxygen atoms in total. The van der Waals surface area contributed by atoms with Gasteiger partial charge in [-0.2, -0.15) is 0 Å². The number of rotatable bonds is 14. The summed E-state index contributed by atoms with van der Waals surface area (Å²) in [4.78, 5) is 55.1. The van der Waals surface area contributed by atoms with Crippen molar-refractivity contribution in [2.75, 3.05) is 0 Å². The summed E-state index contributed by atoms with van der Waals surface area (Å²) in [7, 11) is 0. The van der Waals surface area contributed by atoms with Gasteiger partial charge in [0.25, 0.3) is 0 Å². The monoisotopic (exact) mass is 563 g/mol. The van der Waals surface area contributed by atoms with Crippen molar-refractivity contribution in [1.82, 2.24) is 20.9 Å². The minimum atomic E-state index is -1.16. The normalized spacial score (nSPS) is 15.0. The number of para-hydroxylation sites is 1. The number of nitrogens with two attached hydrogens (primary N) is 1. The van der Waals surface area contributed by atoms with Crippen LogP contribution in [0.3, 0.4) is 0 Å². The smallest absolute Gasteiger partial charge is 0.326 e. The Hall–Kier alpha value is -4.18. The van der Waals surface area contributed by atoms with Gasteiger partial charge in [-0.25, -0.2) is 4.79 Å². The fourth-order valence-electron chi connectivity index (χ4n) is 4.68. The molecule has 0 fully saturated rings. The van der Waals surface area contributed by atoms with E-state index in [0.29, 0.717) is 12.8 Å². The molecule has 1 aromatic heterocycles. The van der Waals surface area contributed by atoms with Crippen LogP contribution in [0.1, 0.15) is 45.2 Å². The number of carbonyl (C=O) groups is 4. The summed E-state index contributed by atoms with van der Waals surface area (Å²) in [6, 6.07) is 12.9. The summed E-state index contributed by atoms with van der Waals surface area (Å²) in [6.45, 7) is 7.12. The van der Waals surface area contributed by atoms with Crippen LogP contribution in [0.2, 0.25) is 0 Å². The number of fused-ring (bicyclic) bond motifs is 1. The van der Waals surface area contributed by atoms with Crippen LogP contribution in [-0.4, -0.2) is 57.9 Å². The minimum Gasteiger partial charge on any atom is -0.480 e. The quantitative estimate of drug-likeness (QED) is 0.176. The number of carboxylic acids is 1. The highest BCUT2D eigenvalue weighted by molar-refractivity contribution is 5.95. The lowest BCUT2D eigenvalue weighted by atomic mass is 9.96. The minimum absolute atomic E-state index is 0.112. The Morgan fingerprint density at radius 2 is 1.46 bits per heavy atom. The van der Waals surface area contributed by atoms with Crippen molar-refractivity contribution in [3.63, 3.8) is 0 Å². The van der Waals surface area contributed by atoms with Crippen molar-refractivity contribution in [2.45, 2.75) is 71.1 Å². The second kappa shape index (κ2) is 14.5. The van der Waals surface area contributed by atoms with Crippen LogP contribution in [0.5, 0.6) is 0 Å². The number of amides is 3. The Morgan fingerprint density at radius 3 is 2.10 bits per heavy atom. The second-order valence-corrected chi connectivity index (χ2v) is 10.9. The number of carbonyl (C=O) groups excluding carboxylic acids is 3. The first kappa shape index (κ1) is 31.3. The van der Waals surface area contributed by atoms with Crippen LogP contribution in [0.15, 0.2) is 60.8 Å². The number of nitrogens with one attached hydrogen (secondary N) is 4. The van der Waals surface area contributed by atoms with Crippen LogP contribution < -0.4 is 21.7 Å². The summed E-state index contributed by atoms with van der Waals surface area (Å²) in [5.74, 6) is -3.45. The van der Waals surface area contributed by atoms with E-state index >= 15 is 0 Å². The summed E-state index contributed by atoms with van der Waals surface area (Å²) in [5, 5.41) is 18.7. The second-order valence-electron chi connectivity index (χ2n) is 10.9. The summed E-state index contributed by atoms with van der Waals surface area (Å²) < 4.78 is 0. The third kappa shape index (κ3) is 8.40. The average molecular weight is 564 g/mol. The first-order valence-electron chi connectivity index (χ1n) is 14.0. The molecule has 1 heterocycles. The number of hydrogen-bond donors (Lipinski definition) is 6. The molecule has 0 aliphatic heterocycles. The van der Waals surface area contributed by atoms with Crippen LogP contribution in [-0.2, 0) is 32.0 Å². The van der Waals surface area contributed by atoms with Crippen LogP contribution in [0.4, 0.5) is 0 Å². The molecule has 0 saturated carbocycles. The van der Waals surface area contributed by atoms with E-state index in [1.807, 2.05) is 68.4 Å². The van der Waals surface area contributed by atoms with E-state index in [9.17, 15) is 24.3 Å². The molecule has 0 bridgehead atoms. The van der Waals surface area contributed by atoms with Gasteiger partial charge >= 0.3 is 5.97 Å².